The number of H-pyrrole nitrogens is 1. The minimum absolute atomic E-state index is 0.202. The summed E-state index contributed by atoms with van der Waals surface area (Å²) in [5.41, 5.74) is 2.58. The van der Waals surface area contributed by atoms with Crippen LogP contribution in [-0.4, -0.2) is 11.3 Å². The standard InChI is InChI=1S/C12H13NO2.C7H10/c1-4-5-10(7-14)12-8(2)6-11(15)13-9(12)3;1-7-5-3-2-4-6-7/h4-7H,3H2,1-2H3,(H,13,15);2-3,5H,4,6H2,1H3/b5-4-,12-10+;. The van der Waals surface area contributed by atoms with Crippen LogP contribution in [0.5, 0.6) is 0 Å². The van der Waals surface area contributed by atoms with E-state index in [0.717, 1.165) is 11.8 Å². The maximum absolute atomic E-state index is 11.1. The number of pyridine rings is 1. The van der Waals surface area contributed by atoms with Crippen LogP contribution in [0.1, 0.15) is 32.3 Å². The molecular weight excluding hydrogens is 274 g/mol. The number of rotatable bonds is 2. The second kappa shape index (κ2) is 8.78. The Morgan fingerprint density at radius 2 is 2.09 bits per heavy atom. The lowest BCUT2D eigenvalue weighted by molar-refractivity contribution is -0.103. The normalized spacial score (nSPS) is 15.0. The number of nitrogens with one attached hydrogen (secondary N) is 1. The van der Waals surface area contributed by atoms with Crippen molar-refractivity contribution in [3.63, 3.8) is 0 Å². The molecule has 1 aliphatic rings. The van der Waals surface area contributed by atoms with Crippen LogP contribution in [0.25, 0.3) is 12.2 Å². The van der Waals surface area contributed by atoms with Gasteiger partial charge >= 0.3 is 0 Å². The zero-order valence-electron chi connectivity index (χ0n) is 13.5. The second-order valence-corrected chi connectivity index (χ2v) is 5.22. The van der Waals surface area contributed by atoms with Crippen molar-refractivity contribution >= 4 is 18.4 Å². The molecule has 0 atom stereocenters. The Morgan fingerprint density at radius 1 is 1.36 bits per heavy atom. The molecule has 3 nitrogen and oxygen atoms in total. The zero-order chi connectivity index (χ0) is 16.5. The summed E-state index contributed by atoms with van der Waals surface area (Å²) < 4.78 is 0. The van der Waals surface area contributed by atoms with Gasteiger partial charge in [-0.2, -0.15) is 0 Å². The third kappa shape index (κ3) is 5.17. The fourth-order valence-electron chi connectivity index (χ4n) is 2.24. The van der Waals surface area contributed by atoms with Gasteiger partial charge in [-0.05, 0) is 39.2 Å². The van der Waals surface area contributed by atoms with Crippen LogP contribution in [0.3, 0.4) is 0 Å². The Balaban J connectivity index is 0.000000287. The van der Waals surface area contributed by atoms with Gasteiger partial charge in [0, 0.05) is 22.2 Å². The second-order valence-electron chi connectivity index (χ2n) is 5.22. The van der Waals surface area contributed by atoms with Crippen molar-refractivity contribution in [2.24, 2.45) is 0 Å². The Kier molecular flexibility index (Phi) is 7.03. The van der Waals surface area contributed by atoms with Gasteiger partial charge in [-0.15, -0.1) is 0 Å². The fraction of sp³-hybridized carbons (Fsp3) is 0.263. The number of carbonyl (C=O) groups is 1. The molecule has 0 amide bonds. The van der Waals surface area contributed by atoms with Crippen LogP contribution in [0, 0.1) is 6.92 Å². The van der Waals surface area contributed by atoms with Crippen molar-refractivity contribution in [2.75, 3.05) is 0 Å². The summed E-state index contributed by atoms with van der Waals surface area (Å²) in [6.07, 6.45) is 13.2. The molecule has 0 aromatic carbocycles. The molecule has 22 heavy (non-hydrogen) atoms. The first-order chi connectivity index (χ1) is 10.5. The van der Waals surface area contributed by atoms with Crippen LogP contribution >= 0.6 is 0 Å². The van der Waals surface area contributed by atoms with E-state index in [1.165, 1.54) is 24.5 Å². The average molecular weight is 297 g/mol. The third-order valence-electron chi connectivity index (χ3n) is 3.30. The average Bonchev–Trinajstić information content (AvgIpc) is 2.46. The van der Waals surface area contributed by atoms with E-state index in [9.17, 15) is 9.59 Å². The number of carbonyl (C=O) groups excluding carboxylic acids is 1. The number of aryl methyl sites for hydroxylation is 1. The van der Waals surface area contributed by atoms with Crippen molar-refractivity contribution in [3.8, 4) is 0 Å². The van der Waals surface area contributed by atoms with Gasteiger partial charge in [0.15, 0.2) is 6.29 Å². The van der Waals surface area contributed by atoms with Crippen molar-refractivity contribution in [2.45, 2.75) is 33.6 Å². The van der Waals surface area contributed by atoms with Crippen LogP contribution in [0.15, 0.2) is 46.8 Å². The first-order valence-electron chi connectivity index (χ1n) is 7.33. The van der Waals surface area contributed by atoms with Crippen LogP contribution in [0.4, 0.5) is 0 Å². The molecule has 0 spiro atoms. The van der Waals surface area contributed by atoms with Crippen LogP contribution in [0.2, 0.25) is 0 Å². The van der Waals surface area contributed by atoms with Gasteiger partial charge in [-0.25, -0.2) is 0 Å². The molecule has 0 saturated heterocycles. The van der Waals surface area contributed by atoms with Gasteiger partial charge in [0.2, 0.25) is 5.56 Å². The van der Waals surface area contributed by atoms with Crippen LogP contribution < -0.4 is 16.1 Å². The number of hydrogen-bond donors (Lipinski definition) is 1. The SMILES string of the molecule is C=c1[nH]c(=O)cc(C)/c1=C(C=O)/C=C\C.CC1=CC=CCC1. The minimum Gasteiger partial charge on any atom is -0.322 e. The highest BCUT2D eigenvalue weighted by molar-refractivity contribution is 6.03. The smallest absolute Gasteiger partial charge is 0.248 e. The van der Waals surface area contributed by atoms with E-state index in [4.69, 9.17) is 0 Å². The molecule has 1 aliphatic carbocycles. The molecule has 3 heteroatoms. The molecule has 116 valence electrons. The summed E-state index contributed by atoms with van der Waals surface area (Å²) in [7, 11) is 0. The zero-order valence-corrected chi connectivity index (χ0v) is 13.5. The van der Waals surface area contributed by atoms with E-state index in [2.05, 4.69) is 36.7 Å². The van der Waals surface area contributed by atoms with Crippen molar-refractivity contribution in [1.82, 2.24) is 4.98 Å². The van der Waals surface area contributed by atoms with E-state index in [1.54, 1.807) is 19.1 Å². The Labute approximate surface area is 131 Å². The summed E-state index contributed by atoms with van der Waals surface area (Å²) >= 11 is 0. The van der Waals surface area contributed by atoms with Gasteiger partial charge < -0.3 is 4.98 Å². The molecule has 1 heterocycles. The monoisotopic (exact) mass is 297 g/mol. The Morgan fingerprint density at radius 3 is 2.50 bits per heavy atom. The van der Waals surface area contributed by atoms with Gasteiger partial charge in [0.25, 0.3) is 0 Å². The highest BCUT2D eigenvalue weighted by Gasteiger charge is 1.98. The van der Waals surface area contributed by atoms with Gasteiger partial charge in [0.1, 0.15) is 0 Å². The predicted molar refractivity (Wildman–Crippen MR) is 93.0 cm³/mol. The number of hydrogen-bond acceptors (Lipinski definition) is 2. The predicted octanol–water partition coefficient (Wildman–Crippen LogP) is 2.30. The van der Waals surface area contributed by atoms with Gasteiger partial charge in [-0.3, -0.25) is 9.59 Å². The molecule has 2 rings (SSSR count). The highest BCUT2D eigenvalue weighted by atomic mass is 16.1. The van der Waals surface area contributed by atoms with Gasteiger partial charge in [0.05, 0.1) is 0 Å². The molecule has 1 aromatic rings. The summed E-state index contributed by atoms with van der Waals surface area (Å²) in [5, 5.41) is 1.17. The summed E-state index contributed by atoms with van der Waals surface area (Å²) in [6.45, 7) is 9.50. The number of aldehydes is 1. The molecule has 0 aliphatic heterocycles. The van der Waals surface area contributed by atoms with E-state index < -0.39 is 0 Å². The van der Waals surface area contributed by atoms with E-state index in [0.29, 0.717) is 16.1 Å². The van der Waals surface area contributed by atoms with Crippen molar-refractivity contribution < 1.29 is 4.79 Å². The quantitative estimate of drug-likeness (QED) is 0.852. The first kappa shape index (κ1) is 17.6. The van der Waals surface area contributed by atoms with E-state index >= 15 is 0 Å². The Hall–Kier alpha value is -2.42. The molecular formula is C19H23NO2. The molecule has 0 unspecified atom stereocenters. The van der Waals surface area contributed by atoms with E-state index in [1.807, 2.05) is 6.92 Å². The maximum atomic E-state index is 11.1. The van der Waals surface area contributed by atoms with Gasteiger partial charge in [-0.1, -0.05) is 42.5 Å². The summed E-state index contributed by atoms with van der Waals surface area (Å²) in [5.74, 6) is 0. The lowest BCUT2D eigenvalue weighted by Crippen LogP contribution is -2.36. The lowest BCUT2D eigenvalue weighted by atomic mass is 10.1. The van der Waals surface area contributed by atoms with Crippen molar-refractivity contribution in [3.05, 3.63) is 68.5 Å². The van der Waals surface area contributed by atoms with Crippen molar-refractivity contribution in [1.29, 1.82) is 0 Å². The van der Waals surface area contributed by atoms with Crippen LogP contribution in [-0.2, 0) is 4.79 Å². The van der Waals surface area contributed by atoms with E-state index in [-0.39, 0.29) is 5.56 Å². The fourth-order valence-corrected chi connectivity index (χ4v) is 2.24. The third-order valence-corrected chi connectivity index (χ3v) is 3.30. The number of allylic oxidation sites excluding steroid dienone is 6. The first-order valence-corrected chi connectivity index (χ1v) is 7.33. The number of aromatic amines is 1. The molecule has 1 N–H and O–H groups in total. The molecule has 0 radical (unpaired) electrons. The largest absolute Gasteiger partial charge is 0.322 e. The lowest BCUT2D eigenvalue weighted by Gasteiger charge is -1.98. The highest BCUT2D eigenvalue weighted by Crippen LogP contribution is 2.08. The molecule has 1 aromatic heterocycles. The summed E-state index contributed by atoms with van der Waals surface area (Å²) in [6, 6.07) is 1.46. The Bertz CT molecular complexity index is 777. The minimum atomic E-state index is -0.202. The summed E-state index contributed by atoms with van der Waals surface area (Å²) in [4.78, 5) is 24.6. The maximum Gasteiger partial charge on any atom is 0.248 e. The molecule has 0 saturated carbocycles. The molecule has 0 fully saturated rings. The number of aromatic nitrogens is 1. The topological polar surface area (TPSA) is 49.9 Å². The molecule has 0 bridgehead atoms.